The van der Waals surface area contributed by atoms with Gasteiger partial charge >= 0.3 is 0 Å². The van der Waals surface area contributed by atoms with E-state index in [1.165, 1.54) is 0 Å². The molecule has 0 bridgehead atoms. The van der Waals surface area contributed by atoms with Crippen molar-refractivity contribution in [1.29, 1.82) is 0 Å². The molecule has 2 unspecified atom stereocenters. The first kappa shape index (κ1) is 16.3. The molecule has 0 aliphatic rings. The second kappa shape index (κ2) is 7.82. The van der Waals surface area contributed by atoms with Crippen LogP contribution in [-0.2, 0) is 0 Å². The standard InChI is InChI=1S/C18H24N2O2/c1-3-17(21)20(18(22)4-2)16-12-10-15(11-13-16)19-14-8-6-5-7-9-14/h5-13,17-19,21-22H,3-4H2,1-2H3. The van der Waals surface area contributed by atoms with Crippen LogP contribution in [0.1, 0.15) is 26.7 Å². The van der Waals surface area contributed by atoms with E-state index in [0.717, 1.165) is 17.1 Å². The van der Waals surface area contributed by atoms with Gasteiger partial charge in [-0.2, -0.15) is 0 Å². The molecule has 4 heteroatoms. The number of hydrogen-bond acceptors (Lipinski definition) is 4. The number of rotatable bonds is 7. The van der Waals surface area contributed by atoms with Crippen molar-refractivity contribution in [3.8, 4) is 0 Å². The first-order chi connectivity index (χ1) is 10.7. The number of aliphatic hydroxyl groups excluding tert-OH is 2. The lowest BCUT2D eigenvalue weighted by atomic mass is 10.2. The number of benzene rings is 2. The molecule has 0 heterocycles. The minimum atomic E-state index is -0.692. The lowest BCUT2D eigenvalue weighted by Gasteiger charge is -2.33. The normalized spacial score (nSPS) is 13.5. The van der Waals surface area contributed by atoms with Crippen molar-refractivity contribution in [3.63, 3.8) is 0 Å². The zero-order valence-corrected chi connectivity index (χ0v) is 13.1. The summed E-state index contributed by atoms with van der Waals surface area (Å²) in [5, 5.41) is 23.6. The highest BCUT2D eigenvalue weighted by molar-refractivity contribution is 5.63. The molecule has 22 heavy (non-hydrogen) atoms. The number of anilines is 3. The zero-order chi connectivity index (χ0) is 15.9. The van der Waals surface area contributed by atoms with Gasteiger partial charge in [-0.1, -0.05) is 32.0 Å². The van der Waals surface area contributed by atoms with Crippen LogP contribution >= 0.6 is 0 Å². The summed E-state index contributed by atoms with van der Waals surface area (Å²) in [6, 6.07) is 17.6. The summed E-state index contributed by atoms with van der Waals surface area (Å²) in [5.41, 5.74) is 2.79. The van der Waals surface area contributed by atoms with Gasteiger partial charge in [-0.25, -0.2) is 0 Å². The van der Waals surface area contributed by atoms with Crippen molar-refractivity contribution in [2.75, 3.05) is 10.2 Å². The number of nitrogens with one attached hydrogen (secondary N) is 1. The van der Waals surface area contributed by atoms with Crippen LogP contribution in [0.4, 0.5) is 17.1 Å². The maximum atomic E-state index is 10.1. The van der Waals surface area contributed by atoms with Gasteiger partial charge in [0.05, 0.1) is 0 Å². The molecule has 0 amide bonds. The van der Waals surface area contributed by atoms with Crippen LogP contribution in [0.25, 0.3) is 0 Å². The van der Waals surface area contributed by atoms with Crippen molar-refractivity contribution in [1.82, 2.24) is 0 Å². The fraction of sp³-hybridized carbons (Fsp3) is 0.333. The van der Waals surface area contributed by atoms with Crippen LogP contribution in [0.15, 0.2) is 54.6 Å². The molecule has 3 N–H and O–H groups in total. The average molecular weight is 300 g/mol. The summed E-state index contributed by atoms with van der Waals surface area (Å²) in [6.45, 7) is 3.79. The van der Waals surface area contributed by atoms with Crippen molar-refractivity contribution in [3.05, 3.63) is 54.6 Å². The lowest BCUT2D eigenvalue weighted by molar-refractivity contribution is 0.0798. The highest BCUT2D eigenvalue weighted by Crippen LogP contribution is 2.24. The molecular weight excluding hydrogens is 276 g/mol. The fourth-order valence-corrected chi connectivity index (χ4v) is 2.34. The van der Waals surface area contributed by atoms with E-state index in [2.05, 4.69) is 5.32 Å². The second-order valence-corrected chi connectivity index (χ2v) is 5.22. The number of nitrogens with zero attached hydrogens (tertiary/aromatic N) is 1. The van der Waals surface area contributed by atoms with Gasteiger partial charge in [0.15, 0.2) is 0 Å². The molecule has 118 valence electrons. The van der Waals surface area contributed by atoms with Crippen LogP contribution in [0.2, 0.25) is 0 Å². The summed E-state index contributed by atoms with van der Waals surface area (Å²) in [5.74, 6) is 0. The molecular formula is C18H24N2O2. The third kappa shape index (κ3) is 4.00. The van der Waals surface area contributed by atoms with E-state index in [4.69, 9.17) is 0 Å². The maximum Gasteiger partial charge on any atom is 0.128 e. The summed E-state index contributed by atoms with van der Waals surface area (Å²) in [4.78, 5) is 1.65. The van der Waals surface area contributed by atoms with Crippen LogP contribution in [-0.4, -0.2) is 22.7 Å². The quantitative estimate of drug-likeness (QED) is 0.683. The predicted molar refractivity (Wildman–Crippen MR) is 91.2 cm³/mol. The SMILES string of the molecule is CCC(O)N(c1ccc(Nc2ccccc2)cc1)C(O)CC. The third-order valence-electron chi connectivity index (χ3n) is 3.60. The topological polar surface area (TPSA) is 55.7 Å². The molecule has 0 aliphatic heterocycles. The van der Waals surface area contributed by atoms with Gasteiger partial charge in [-0.3, -0.25) is 0 Å². The van der Waals surface area contributed by atoms with E-state index < -0.39 is 12.5 Å². The van der Waals surface area contributed by atoms with Gasteiger partial charge in [-0.15, -0.1) is 0 Å². The Balaban J connectivity index is 2.15. The molecule has 0 aliphatic carbocycles. The second-order valence-electron chi connectivity index (χ2n) is 5.22. The highest BCUT2D eigenvalue weighted by atomic mass is 16.3. The molecule has 2 rings (SSSR count). The van der Waals surface area contributed by atoms with E-state index in [-0.39, 0.29) is 0 Å². The van der Waals surface area contributed by atoms with Crippen LogP contribution in [0.5, 0.6) is 0 Å². The number of hydrogen-bond donors (Lipinski definition) is 3. The third-order valence-corrected chi connectivity index (χ3v) is 3.60. The van der Waals surface area contributed by atoms with Crippen molar-refractivity contribution >= 4 is 17.1 Å². The molecule has 0 fully saturated rings. The van der Waals surface area contributed by atoms with E-state index in [0.29, 0.717) is 12.8 Å². The molecule has 0 aromatic heterocycles. The molecule has 2 aromatic carbocycles. The van der Waals surface area contributed by atoms with E-state index >= 15 is 0 Å². The zero-order valence-electron chi connectivity index (χ0n) is 13.1. The Morgan fingerprint density at radius 3 is 1.82 bits per heavy atom. The molecule has 0 radical (unpaired) electrons. The Hall–Kier alpha value is -2.04. The van der Waals surface area contributed by atoms with Crippen molar-refractivity contribution in [2.45, 2.75) is 39.1 Å². The first-order valence-corrected chi connectivity index (χ1v) is 7.72. The number of para-hydroxylation sites is 1. The Bertz CT molecular complexity index is 547. The van der Waals surface area contributed by atoms with Crippen LogP contribution < -0.4 is 10.2 Å². The highest BCUT2D eigenvalue weighted by Gasteiger charge is 2.20. The molecule has 2 aromatic rings. The van der Waals surface area contributed by atoms with Gasteiger partial charge in [0, 0.05) is 17.1 Å². The minimum Gasteiger partial charge on any atom is -0.374 e. The fourth-order valence-electron chi connectivity index (χ4n) is 2.34. The Labute approximate surface area is 132 Å². The summed E-state index contributed by atoms with van der Waals surface area (Å²) < 4.78 is 0. The Morgan fingerprint density at radius 1 is 0.818 bits per heavy atom. The van der Waals surface area contributed by atoms with E-state index in [1.54, 1.807) is 4.90 Å². The monoisotopic (exact) mass is 300 g/mol. The van der Waals surface area contributed by atoms with Gasteiger partial charge in [0.1, 0.15) is 12.5 Å². The Morgan fingerprint density at radius 2 is 1.32 bits per heavy atom. The lowest BCUT2D eigenvalue weighted by Crippen LogP contribution is -2.42. The summed E-state index contributed by atoms with van der Waals surface area (Å²) >= 11 is 0. The largest absolute Gasteiger partial charge is 0.374 e. The van der Waals surface area contributed by atoms with E-state index in [9.17, 15) is 10.2 Å². The molecule has 4 nitrogen and oxygen atoms in total. The van der Waals surface area contributed by atoms with Gasteiger partial charge < -0.3 is 20.4 Å². The number of aliphatic hydroxyl groups is 2. The minimum absolute atomic E-state index is 0.557. The molecule has 0 spiro atoms. The van der Waals surface area contributed by atoms with Crippen molar-refractivity contribution < 1.29 is 10.2 Å². The maximum absolute atomic E-state index is 10.1. The smallest absolute Gasteiger partial charge is 0.128 e. The first-order valence-electron chi connectivity index (χ1n) is 7.72. The molecule has 0 saturated heterocycles. The summed E-state index contributed by atoms with van der Waals surface area (Å²) in [6.07, 6.45) is -0.270. The summed E-state index contributed by atoms with van der Waals surface area (Å²) in [7, 11) is 0. The van der Waals surface area contributed by atoms with Gasteiger partial charge in [0.2, 0.25) is 0 Å². The predicted octanol–water partition coefficient (Wildman–Crippen LogP) is 3.69. The molecule has 0 saturated carbocycles. The van der Waals surface area contributed by atoms with E-state index in [1.807, 2.05) is 68.4 Å². The average Bonchev–Trinajstić information content (AvgIpc) is 2.57. The van der Waals surface area contributed by atoms with Crippen LogP contribution in [0.3, 0.4) is 0 Å². The van der Waals surface area contributed by atoms with Gasteiger partial charge in [0.25, 0.3) is 0 Å². The van der Waals surface area contributed by atoms with Crippen LogP contribution in [0, 0.1) is 0 Å². The van der Waals surface area contributed by atoms with Crippen molar-refractivity contribution in [2.24, 2.45) is 0 Å². The Kier molecular flexibility index (Phi) is 5.81. The molecule has 2 atom stereocenters. The van der Waals surface area contributed by atoms with Gasteiger partial charge in [-0.05, 0) is 49.2 Å².